The van der Waals surface area contributed by atoms with Crippen LogP contribution in [0.25, 0.3) is 0 Å². The summed E-state index contributed by atoms with van der Waals surface area (Å²) in [4.78, 5) is 69.6. The number of hydrogen-bond donors (Lipinski definition) is 2. The van der Waals surface area contributed by atoms with Crippen molar-refractivity contribution in [2.75, 3.05) is 57.8 Å². The maximum absolute atomic E-state index is 13.3. The first-order valence-corrected chi connectivity index (χ1v) is 16.5. The average molecular weight is 630 g/mol. The van der Waals surface area contributed by atoms with Gasteiger partial charge in [0.25, 0.3) is 11.8 Å². The second kappa shape index (κ2) is 11.8. The number of piperidine rings is 3. The normalized spacial score (nSPS) is 27.3. The van der Waals surface area contributed by atoms with Gasteiger partial charge in [-0.25, -0.2) is 4.99 Å². The Labute approximate surface area is 269 Å². The fraction of sp³-hybridized carbons (Fsp3) is 0.576. The molecule has 4 fully saturated rings. The predicted molar refractivity (Wildman–Crippen MR) is 173 cm³/mol. The van der Waals surface area contributed by atoms with Gasteiger partial charge in [-0.15, -0.1) is 0 Å². The van der Waals surface area contributed by atoms with Gasteiger partial charge in [0.05, 0.1) is 17.2 Å². The van der Waals surface area contributed by atoms with Crippen molar-refractivity contribution >= 4 is 41.1 Å². The van der Waals surface area contributed by atoms with E-state index in [0.29, 0.717) is 28.3 Å². The highest BCUT2D eigenvalue weighted by atomic mass is 16.2. The number of amidine groups is 1. The molecule has 7 rings (SSSR count). The molecule has 1 aromatic rings. The summed E-state index contributed by atoms with van der Waals surface area (Å²) in [7, 11) is 1.85. The smallest absolute Gasteiger partial charge is 0.262 e. The minimum atomic E-state index is -0.948. The Morgan fingerprint density at radius 1 is 1.02 bits per heavy atom. The van der Waals surface area contributed by atoms with E-state index in [4.69, 9.17) is 5.73 Å². The van der Waals surface area contributed by atoms with E-state index in [1.807, 2.05) is 19.3 Å². The number of carbonyl (C=O) groups excluding carboxylic acids is 4. The maximum atomic E-state index is 13.3. The van der Waals surface area contributed by atoms with Gasteiger partial charge in [-0.3, -0.25) is 34.4 Å². The first kappa shape index (κ1) is 30.4. The van der Waals surface area contributed by atoms with Crippen LogP contribution in [-0.4, -0.2) is 120 Å². The largest absolute Gasteiger partial charge is 0.385 e. The molecule has 13 heteroatoms. The van der Waals surface area contributed by atoms with Crippen molar-refractivity contribution < 1.29 is 19.2 Å². The standard InChI is InChI=1S/C33H43N9O4/c1-21-28(34)36-11-16-41(21)32(35-2)40-14-9-33(10-15-40)19-38(20-33)18-22-7-12-39(13-8-22)23-3-4-24-25(17-23)31(46)42(30(24)45)26-5-6-27(43)37-29(26)44/h3-4,11,16-17,21-22,26H,5-10,12-15,18-20H2,1-2H3,(H2,34,36)(H,37,43,44)/b35-32-. The lowest BCUT2D eigenvalue weighted by atomic mass is 9.71. The Morgan fingerprint density at radius 2 is 1.74 bits per heavy atom. The van der Waals surface area contributed by atoms with Crippen molar-refractivity contribution in [3.05, 3.63) is 41.7 Å². The van der Waals surface area contributed by atoms with Crippen LogP contribution in [-0.2, 0) is 9.59 Å². The van der Waals surface area contributed by atoms with Crippen LogP contribution in [0.15, 0.2) is 40.6 Å². The van der Waals surface area contributed by atoms with Crippen LogP contribution in [0.1, 0.15) is 66.2 Å². The van der Waals surface area contributed by atoms with E-state index in [0.717, 1.165) is 88.0 Å². The molecule has 1 aromatic carbocycles. The molecule has 6 aliphatic rings. The van der Waals surface area contributed by atoms with E-state index in [9.17, 15) is 19.2 Å². The molecule has 1 spiro atoms. The lowest BCUT2D eigenvalue weighted by Gasteiger charge is -2.55. The molecule has 0 radical (unpaired) electrons. The number of amides is 4. The van der Waals surface area contributed by atoms with E-state index in [1.165, 1.54) is 0 Å². The summed E-state index contributed by atoms with van der Waals surface area (Å²) >= 11 is 0. The molecule has 46 heavy (non-hydrogen) atoms. The maximum Gasteiger partial charge on any atom is 0.262 e. The topological polar surface area (TPSA) is 147 Å². The van der Waals surface area contributed by atoms with Crippen LogP contribution in [0, 0.1) is 11.3 Å². The highest BCUT2D eigenvalue weighted by Crippen LogP contribution is 2.42. The van der Waals surface area contributed by atoms with Crippen molar-refractivity contribution in [2.45, 2.75) is 57.5 Å². The third kappa shape index (κ3) is 5.33. The minimum Gasteiger partial charge on any atom is -0.385 e. The third-order valence-corrected chi connectivity index (χ3v) is 10.9. The molecule has 2 atom stereocenters. The summed E-state index contributed by atoms with van der Waals surface area (Å²) in [5.74, 6) is 0.309. The molecule has 3 N–H and O–H groups in total. The minimum absolute atomic E-state index is 0.00468. The number of nitrogens with zero attached hydrogens (tertiary/aromatic N) is 7. The van der Waals surface area contributed by atoms with Crippen LogP contribution in [0.2, 0.25) is 0 Å². The average Bonchev–Trinajstić information content (AvgIpc) is 3.28. The van der Waals surface area contributed by atoms with E-state index in [-0.39, 0.29) is 24.8 Å². The van der Waals surface area contributed by atoms with Crippen molar-refractivity contribution in [3.8, 4) is 0 Å². The molecule has 13 nitrogen and oxygen atoms in total. The molecule has 0 aliphatic carbocycles. The molecule has 4 amide bonds. The van der Waals surface area contributed by atoms with Gasteiger partial charge in [-0.1, -0.05) is 0 Å². The summed E-state index contributed by atoms with van der Waals surface area (Å²) in [6, 6.07) is 4.46. The zero-order chi connectivity index (χ0) is 32.2. The third-order valence-electron chi connectivity index (χ3n) is 10.9. The molecular formula is C33H43N9O4. The summed E-state index contributed by atoms with van der Waals surface area (Å²) in [5, 5.41) is 2.25. The first-order valence-electron chi connectivity index (χ1n) is 16.5. The van der Waals surface area contributed by atoms with Crippen molar-refractivity contribution in [3.63, 3.8) is 0 Å². The van der Waals surface area contributed by atoms with Crippen LogP contribution in [0.5, 0.6) is 0 Å². The number of carbonyl (C=O) groups is 4. The Hall–Kier alpha value is -4.26. The summed E-state index contributed by atoms with van der Waals surface area (Å²) in [6.07, 6.45) is 8.46. The molecule has 244 valence electrons. The molecule has 6 aliphatic heterocycles. The lowest BCUT2D eigenvalue weighted by Crippen LogP contribution is -2.62. The number of hydrogen-bond acceptors (Lipinski definition) is 9. The number of nitrogens with one attached hydrogen (secondary N) is 1. The Morgan fingerprint density at radius 3 is 2.43 bits per heavy atom. The molecule has 4 saturated heterocycles. The van der Waals surface area contributed by atoms with Gasteiger partial charge in [0.1, 0.15) is 11.9 Å². The van der Waals surface area contributed by atoms with E-state index in [1.54, 1.807) is 18.3 Å². The van der Waals surface area contributed by atoms with Crippen molar-refractivity contribution in [1.82, 2.24) is 24.9 Å². The predicted octanol–water partition coefficient (Wildman–Crippen LogP) is 1.22. The van der Waals surface area contributed by atoms with E-state index in [2.05, 4.69) is 41.8 Å². The van der Waals surface area contributed by atoms with Crippen LogP contribution < -0.4 is 16.0 Å². The number of guanidine groups is 1. The van der Waals surface area contributed by atoms with E-state index < -0.39 is 23.8 Å². The number of aliphatic imine (C=N–C) groups is 2. The summed E-state index contributed by atoms with van der Waals surface area (Å²) in [6.45, 7) is 9.27. The number of anilines is 1. The second-order valence-electron chi connectivity index (χ2n) is 13.7. The van der Waals surface area contributed by atoms with Gasteiger partial charge < -0.3 is 25.3 Å². The molecule has 0 saturated carbocycles. The number of fused-ring (bicyclic) bond motifs is 1. The number of imide groups is 2. The van der Waals surface area contributed by atoms with Gasteiger partial charge >= 0.3 is 0 Å². The van der Waals surface area contributed by atoms with Gasteiger partial charge in [0.2, 0.25) is 17.8 Å². The highest BCUT2D eigenvalue weighted by Gasteiger charge is 2.47. The molecule has 0 aromatic heterocycles. The zero-order valence-electron chi connectivity index (χ0n) is 26.7. The quantitative estimate of drug-likeness (QED) is 0.285. The molecule has 6 heterocycles. The number of nitrogens with two attached hydrogens (primary N) is 1. The molecule has 2 unspecified atom stereocenters. The fourth-order valence-electron chi connectivity index (χ4n) is 8.15. The number of likely N-dealkylation sites (tertiary alicyclic amines) is 2. The lowest BCUT2D eigenvalue weighted by molar-refractivity contribution is -0.136. The van der Waals surface area contributed by atoms with Crippen molar-refractivity contribution in [1.29, 1.82) is 0 Å². The number of benzene rings is 1. The Kier molecular flexibility index (Phi) is 7.82. The highest BCUT2D eigenvalue weighted by molar-refractivity contribution is 6.23. The molecule has 0 bridgehead atoms. The SMILES string of the molecule is C/N=C(/N1CCC2(CC1)CN(CC1CCN(c3ccc4c(c3)C(=O)N(C3CCC(=O)NC3=O)C4=O)CC1)C2)N1C=CN=C(N)C1C. The zero-order valence-corrected chi connectivity index (χ0v) is 26.7. The van der Waals surface area contributed by atoms with Gasteiger partial charge in [-0.2, -0.15) is 0 Å². The summed E-state index contributed by atoms with van der Waals surface area (Å²) < 4.78 is 0. The van der Waals surface area contributed by atoms with Crippen molar-refractivity contribution in [2.24, 2.45) is 27.1 Å². The second-order valence-corrected chi connectivity index (χ2v) is 13.7. The van der Waals surface area contributed by atoms with Crippen LogP contribution in [0.3, 0.4) is 0 Å². The number of rotatable bonds is 4. The van der Waals surface area contributed by atoms with Crippen LogP contribution in [0.4, 0.5) is 5.69 Å². The first-order chi connectivity index (χ1) is 22.2. The summed E-state index contributed by atoms with van der Waals surface area (Å²) in [5.41, 5.74) is 8.07. The van der Waals surface area contributed by atoms with Gasteiger partial charge in [0.15, 0.2) is 0 Å². The monoisotopic (exact) mass is 629 g/mol. The molecular weight excluding hydrogens is 586 g/mol. The fourth-order valence-corrected chi connectivity index (χ4v) is 8.15. The van der Waals surface area contributed by atoms with Gasteiger partial charge in [-0.05, 0) is 68.6 Å². The van der Waals surface area contributed by atoms with Crippen LogP contribution >= 0.6 is 0 Å². The Bertz CT molecular complexity index is 1530. The Balaban J connectivity index is 0.884. The van der Waals surface area contributed by atoms with E-state index >= 15 is 0 Å². The van der Waals surface area contributed by atoms with Gasteiger partial charge in [0, 0.05) is 77.4 Å².